The molecule has 1 heterocycles. The Kier molecular flexibility index (Phi) is 2.92. The van der Waals surface area contributed by atoms with E-state index < -0.39 is 0 Å². The van der Waals surface area contributed by atoms with Gasteiger partial charge in [0.25, 0.3) is 0 Å². The number of hydrogen-bond acceptors (Lipinski definition) is 2. The molecule has 0 bridgehead atoms. The monoisotopic (exact) mass is 282 g/mol. The van der Waals surface area contributed by atoms with Gasteiger partial charge in [-0.05, 0) is 55.2 Å². The number of furan rings is 1. The Morgan fingerprint density at radius 1 is 1.05 bits per heavy atom. The topological polar surface area (TPSA) is 22.4 Å². The van der Waals surface area contributed by atoms with Gasteiger partial charge in [-0.1, -0.05) is 6.07 Å². The van der Waals surface area contributed by atoms with Crippen LogP contribution in [0.3, 0.4) is 0 Å². The fourth-order valence-electron chi connectivity index (χ4n) is 2.62. The van der Waals surface area contributed by atoms with Gasteiger partial charge in [0.2, 0.25) is 0 Å². The summed E-state index contributed by atoms with van der Waals surface area (Å²) in [7, 11) is 0. The van der Waals surface area contributed by atoms with E-state index in [9.17, 15) is 4.39 Å². The van der Waals surface area contributed by atoms with Crippen molar-refractivity contribution in [3.8, 4) is 16.9 Å². The SMILES string of the molecule is Fc1cc(OC2CCC2)ccc1-c1ccc2occc2c1. The molecule has 1 fully saturated rings. The molecule has 0 atom stereocenters. The summed E-state index contributed by atoms with van der Waals surface area (Å²) in [6.45, 7) is 0. The standard InChI is InChI=1S/C18H15FO2/c19-17-11-15(21-14-2-1-3-14)5-6-16(17)12-4-7-18-13(10-12)8-9-20-18/h4-11,14H,1-3H2. The fraction of sp³-hybridized carbons (Fsp3) is 0.222. The molecule has 3 heteroatoms. The van der Waals surface area contributed by atoms with Gasteiger partial charge in [0.05, 0.1) is 12.4 Å². The first-order chi connectivity index (χ1) is 10.3. The summed E-state index contributed by atoms with van der Waals surface area (Å²) >= 11 is 0. The Morgan fingerprint density at radius 2 is 1.95 bits per heavy atom. The van der Waals surface area contributed by atoms with Crippen molar-refractivity contribution in [2.75, 3.05) is 0 Å². The second kappa shape index (κ2) is 4.92. The molecule has 0 unspecified atom stereocenters. The molecule has 1 saturated carbocycles. The van der Waals surface area contributed by atoms with Crippen molar-refractivity contribution in [1.29, 1.82) is 0 Å². The van der Waals surface area contributed by atoms with E-state index in [0.717, 1.165) is 29.4 Å². The van der Waals surface area contributed by atoms with Gasteiger partial charge in [-0.15, -0.1) is 0 Å². The minimum absolute atomic E-state index is 0.255. The zero-order valence-electron chi connectivity index (χ0n) is 11.5. The van der Waals surface area contributed by atoms with Gasteiger partial charge in [0.1, 0.15) is 17.1 Å². The van der Waals surface area contributed by atoms with Crippen LogP contribution < -0.4 is 4.74 Å². The number of fused-ring (bicyclic) bond motifs is 1. The average molecular weight is 282 g/mol. The molecule has 21 heavy (non-hydrogen) atoms. The van der Waals surface area contributed by atoms with Crippen LogP contribution in [0.1, 0.15) is 19.3 Å². The van der Waals surface area contributed by atoms with Crippen LogP contribution in [-0.4, -0.2) is 6.10 Å². The summed E-state index contributed by atoms with van der Waals surface area (Å²) in [4.78, 5) is 0. The van der Waals surface area contributed by atoms with Crippen LogP contribution in [0.4, 0.5) is 4.39 Å². The van der Waals surface area contributed by atoms with E-state index in [1.807, 2.05) is 30.3 Å². The molecular weight excluding hydrogens is 267 g/mol. The summed E-state index contributed by atoms with van der Waals surface area (Å²) in [5, 5.41) is 0.974. The maximum atomic E-state index is 14.3. The third-order valence-electron chi connectivity index (χ3n) is 4.06. The van der Waals surface area contributed by atoms with Gasteiger partial charge in [-0.25, -0.2) is 4.39 Å². The third kappa shape index (κ3) is 2.29. The maximum Gasteiger partial charge on any atom is 0.134 e. The van der Waals surface area contributed by atoms with Crippen molar-refractivity contribution >= 4 is 11.0 Å². The lowest BCUT2D eigenvalue weighted by Crippen LogP contribution is -2.24. The third-order valence-corrected chi connectivity index (χ3v) is 4.06. The average Bonchev–Trinajstić information content (AvgIpc) is 2.90. The molecule has 0 aliphatic heterocycles. The molecule has 0 N–H and O–H groups in total. The van der Waals surface area contributed by atoms with Gasteiger partial charge in [-0.2, -0.15) is 0 Å². The number of benzene rings is 2. The Balaban J connectivity index is 1.67. The highest BCUT2D eigenvalue weighted by molar-refractivity contribution is 5.83. The van der Waals surface area contributed by atoms with Crippen LogP contribution in [0.15, 0.2) is 53.1 Å². The van der Waals surface area contributed by atoms with Gasteiger partial charge >= 0.3 is 0 Å². The van der Waals surface area contributed by atoms with E-state index in [0.29, 0.717) is 11.3 Å². The molecule has 2 nitrogen and oxygen atoms in total. The summed E-state index contributed by atoms with van der Waals surface area (Å²) in [6.07, 6.45) is 5.25. The maximum absolute atomic E-state index is 14.3. The summed E-state index contributed by atoms with van der Waals surface area (Å²) in [5.74, 6) is 0.361. The molecule has 106 valence electrons. The summed E-state index contributed by atoms with van der Waals surface area (Å²) in [5.41, 5.74) is 2.24. The predicted octanol–water partition coefficient (Wildman–Crippen LogP) is 5.17. The van der Waals surface area contributed by atoms with Crippen LogP contribution in [0.25, 0.3) is 22.1 Å². The molecule has 1 aliphatic carbocycles. The van der Waals surface area contributed by atoms with Crippen LogP contribution in [0.5, 0.6) is 5.75 Å². The van der Waals surface area contributed by atoms with E-state index in [-0.39, 0.29) is 11.9 Å². The highest BCUT2D eigenvalue weighted by Crippen LogP contribution is 2.31. The smallest absolute Gasteiger partial charge is 0.134 e. The van der Waals surface area contributed by atoms with E-state index >= 15 is 0 Å². The predicted molar refractivity (Wildman–Crippen MR) is 79.9 cm³/mol. The van der Waals surface area contributed by atoms with E-state index in [1.54, 1.807) is 12.3 Å². The number of ether oxygens (including phenoxy) is 1. The Labute approximate surface area is 122 Å². The van der Waals surface area contributed by atoms with Gasteiger partial charge in [0, 0.05) is 17.0 Å². The van der Waals surface area contributed by atoms with Crippen molar-refractivity contribution < 1.29 is 13.5 Å². The molecule has 4 rings (SSSR count). The van der Waals surface area contributed by atoms with Crippen LogP contribution in [0.2, 0.25) is 0 Å². The second-order valence-electron chi connectivity index (χ2n) is 5.49. The zero-order chi connectivity index (χ0) is 14.2. The van der Waals surface area contributed by atoms with Crippen molar-refractivity contribution in [3.05, 3.63) is 54.5 Å². The van der Waals surface area contributed by atoms with Gasteiger partial charge in [0.15, 0.2) is 0 Å². The molecular formula is C18H15FO2. The normalized spacial score (nSPS) is 15.1. The van der Waals surface area contributed by atoms with Crippen molar-refractivity contribution in [2.45, 2.75) is 25.4 Å². The molecule has 0 spiro atoms. The van der Waals surface area contributed by atoms with Crippen LogP contribution >= 0.6 is 0 Å². The Bertz CT molecular complexity index is 787. The molecule has 1 aromatic heterocycles. The first kappa shape index (κ1) is 12.5. The molecule has 3 aromatic rings. The highest BCUT2D eigenvalue weighted by Gasteiger charge is 2.19. The molecule has 2 aromatic carbocycles. The number of halogens is 1. The summed E-state index contributed by atoms with van der Waals surface area (Å²) in [6, 6.07) is 12.7. The quantitative estimate of drug-likeness (QED) is 0.661. The Morgan fingerprint density at radius 3 is 2.71 bits per heavy atom. The number of rotatable bonds is 3. The van der Waals surface area contributed by atoms with E-state index in [1.165, 1.54) is 12.5 Å². The number of hydrogen-bond donors (Lipinski definition) is 0. The van der Waals surface area contributed by atoms with Crippen molar-refractivity contribution in [3.63, 3.8) is 0 Å². The van der Waals surface area contributed by atoms with Crippen molar-refractivity contribution in [1.82, 2.24) is 0 Å². The molecule has 0 amide bonds. The van der Waals surface area contributed by atoms with E-state index in [2.05, 4.69) is 0 Å². The van der Waals surface area contributed by atoms with Gasteiger partial charge < -0.3 is 9.15 Å². The lowest BCUT2D eigenvalue weighted by Gasteiger charge is -2.26. The summed E-state index contributed by atoms with van der Waals surface area (Å²) < 4.78 is 25.4. The van der Waals surface area contributed by atoms with E-state index in [4.69, 9.17) is 9.15 Å². The molecule has 1 aliphatic rings. The lowest BCUT2D eigenvalue weighted by molar-refractivity contribution is 0.120. The highest BCUT2D eigenvalue weighted by atomic mass is 19.1. The van der Waals surface area contributed by atoms with Crippen molar-refractivity contribution in [2.24, 2.45) is 0 Å². The first-order valence-electron chi connectivity index (χ1n) is 7.23. The van der Waals surface area contributed by atoms with Crippen LogP contribution in [-0.2, 0) is 0 Å². The Hall–Kier alpha value is -2.29. The minimum atomic E-state index is -0.255. The zero-order valence-corrected chi connectivity index (χ0v) is 11.5. The fourth-order valence-corrected chi connectivity index (χ4v) is 2.62. The molecule has 0 radical (unpaired) electrons. The molecule has 0 saturated heterocycles. The van der Waals surface area contributed by atoms with Gasteiger partial charge in [-0.3, -0.25) is 0 Å². The van der Waals surface area contributed by atoms with Crippen LogP contribution in [0, 0.1) is 5.82 Å². The second-order valence-corrected chi connectivity index (χ2v) is 5.49. The minimum Gasteiger partial charge on any atom is -0.490 e. The largest absolute Gasteiger partial charge is 0.490 e. The first-order valence-corrected chi connectivity index (χ1v) is 7.23. The lowest BCUT2D eigenvalue weighted by atomic mass is 9.96.